The number of hydrogen-bond acceptors (Lipinski definition) is 6. The molecule has 8 nitrogen and oxygen atoms in total. The van der Waals surface area contributed by atoms with Gasteiger partial charge < -0.3 is 10.5 Å². The average molecular weight is 289 g/mol. The van der Waals surface area contributed by atoms with Gasteiger partial charge in [0.05, 0.1) is 9.85 Å². The number of hydrogen-bond donors (Lipinski definition) is 1. The molecule has 0 aliphatic heterocycles. The summed E-state index contributed by atoms with van der Waals surface area (Å²) in [4.78, 5) is 20.5. The molecule has 2 aromatic carbocycles. The van der Waals surface area contributed by atoms with E-state index in [0.29, 0.717) is 5.56 Å². The van der Waals surface area contributed by atoms with Gasteiger partial charge in [-0.25, -0.2) is 0 Å². The van der Waals surface area contributed by atoms with E-state index in [0.717, 1.165) is 0 Å². The van der Waals surface area contributed by atoms with Crippen molar-refractivity contribution in [2.24, 2.45) is 0 Å². The Morgan fingerprint density at radius 3 is 2.29 bits per heavy atom. The Bertz CT molecular complexity index is 730. The van der Waals surface area contributed by atoms with Crippen LogP contribution in [0, 0.1) is 27.2 Å². The summed E-state index contributed by atoms with van der Waals surface area (Å²) in [5.41, 5.74) is 5.62. The van der Waals surface area contributed by atoms with Crippen molar-refractivity contribution in [2.75, 3.05) is 5.73 Å². The smallest absolute Gasteiger partial charge is 0.311 e. The second-order valence-corrected chi connectivity index (χ2v) is 4.26. The van der Waals surface area contributed by atoms with Gasteiger partial charge in [0.1, 0.15) is 11.4 Å². The lowest BCUT2D eigenvalue weighted by molar-refractivity contribution is -0.385. The summed E-state index contributed by atoms with van der Waals surface area (Å²) >= 11 is 0. The predicted octanol–water partition coefficient (Wildman–Crippen LogP) is 3.19. The summed E-state index contributed by atoms with van der Waals surface area (Å²) in [5.74, 6) is 0.270. The minimum absolute atomic E-state index is 0.0752. The fourth-order valence-corrected chi connectivity index (χ4v) is 1.79. The quantitative estimate of drug-likeness (QED) is 0.524. The molecule has 0 aromatic heterocycles. The number of nitrogen functional groups attached to an aromatic ring is 1. The van der Waals surface area contributed by atoms with Crippen LogP contribution in [0.3, 0.4) is 0 Å². The molecule has 0 unspecified atom stereocenters. The zero-order valence-electron chi connectivity index (χ0n) is 11.0. The Balaban J connectivity index is 2.41. The number of ether oxygens (including phenoxy) is 1. The Labute approximate surface area is 119 Å². The lowest BCUT2D eigenvalue weighted by Crippen LogP contribution is -1.98. The summed E-state index contributed by atoms with van der Waals surface area (Å²) < 4.78 is 5.47. The van der Waals surface area contributed by atoms with Gasteiger partial charge in [0, 0.05) is 18.2 Å². The SMILES string of the molecule is Cc1cccc([N+](=O)[O-])c1Oc1ccc([N+](=O)[O-])c(N)c1. The average Bonchev–Trinajstić information content (AvgIpc) is 2.40. The number of nitro groups is 2. The van der Waals surface area contributed by atoms with Gasteiger partial charge in [-0.1, -0.05) is 12.1 Å². The van der Waals surface area contributed by atoms with Crippen LogP contribution in [0.15, 0.2) is 36.4 Å². The van der Waals surface area contributed by atoms with Gasteiger partial charge in [-0.05, 0) is 18.6 Å². The molecule has 2 aromatic rings. The molecule has 2 N–H and O–H groups in total. The number of para-hydroxylation sites is 1. The van der Waals surface area contributed by atoms with Gasteiger partial charge in [-0.3, -0.25) is 20.2 Å². The molecular formula is C13H11N3O5. The highest BCUT2D eigenvalue weighted by molar-refractivity contribution is 5.62. The maximum absolute atomic E-state index is 11.0. The van der Waals surface area contributed by atoms with Crippen molar-refractivity contribution < 1.29 is 14.6 Å². The molecule has 0 saturated heterocycles. The van der Waals surface area contributed by atoms with Crippen molar-refractivity contribution in [3.8, 4) is 11.5 Å². The molecule has 0 heterocycles. The lowest BCUT2D eigenvalue weighted by atomic mass is 10.2. The topological polar surface area (TPSA) is 122 Å². The van der Waals surface area contributed by atoms with Crippen LogP contribution >= 0.6 is 0 Å². The zero-order valence-corrected chi connectivity index (χ0v) is 11.0. The molecular weight excluding hydrogens is 278 g/mol. The molecule has 0 fully saturated rings. The number of rotatable bonds is 4. The third kappa shape index (κ3) is 2.89. The summed E-state index contributed by atoms with van der Waals surface area (Å²) in [5, 5.41) is 21.7. The van der Waals surface area contributed by atoms with Gasteiger partial charge in [0.15, 0.2) is 0 Å². The summed E-state index contributed by atoms with van der Waals surface area (Å²) in [6.45, 7) is 1.66. The Hall–Kier alpha value is -3.16. The van der Waals surface area contributed by atoms with Crippen molar-refractivity contribution in [1.29, 1.82) is 0 Å². The number of benzene rings is 2. The first-order valence-corrected chi connectivity index (χ1v) is 5.86. The number of nitrogens with two attached hydrogens (primary N) is 1. The highest BCUT2D eigenvalue weighted by atomic mass is 16.6. The van der Waals surface area contributed by atoms with Crippen LogP contribution in [0.25, 0.3) is 0 Å². The van der Waals surface area contributed by atoms with Gasteiger partial charge in [-0.2, -0.15) is 0 Å². The van der Waals surface area contributed by atoms with Crippen LogP contribution in [0.2, 0.25) is 0 Å². The molecule has 0 bridgehead atoms. The van der Waals surface area contributed by atoms with Crippen molar-refractivity contribution in [3.05, 3.63) is 62.2 Å². The third-order valence-corrected chi connectivity index (χ3v) is 2.80. The maximum Gasteiger partial charge on any atom is 0.311 e. The molecule has 0 atom stereocenters. The van der Waals surface area contributed by atoms with Crippen molar-refractivity contribution in [1.82, 2.24) is 0 Å². The Kier molecular flexibility index (Phi) is 3.70. The van der Waals surface area contributed by atoms with E-state index in [1.54, 1.807) is 19.1 Å². The molecule has 0 radical (unpaired) electrons. The first-order chi connectivity index (χ1) is 9.90. The number of nitro benzene ring substituents is 2. The summed E-state index contributed by atoms with van der Waals surface area (Å²) in [6.07, 6.45) is 0. The Morgan fingerprint density at radius 2 is 1.71 bits per heavy atom. The second-order valence-electron chi connectivity index (χ2n) is 4.26. The molecule has 2 rings (SSSR count). The molecule has 0 saturated carbocycles. The van der Waals surface area contributed by atoms with Gasteiger partial charge in [-0.15, -0.1) is 0 Å². The van der Waals surface area contributed by atoms with E-state index in [-0.39, 0.29) is 28.6 Å². The predicted molar refractivity (Wildman–Crippen MR) is 75.4 cm³/mol. The van der Waals surface area contributed by atoms with E-state index < -0.39 is 9.85 Å². The minimum atomic E-state index is -0.616. The normalized spacial score (nSPS) is 10.1. The number of anilines is 1. The first kappa shape index (κ1) is 14.3. The third-order valence-electron chi connectivity index (χ3n) is 2.80. The van der Waals surface area contributed by atoms with Crippen molar-refractivity contribution in [2.45, 2.75) is 6.92 Å². The van der Waals surface area contributed by atoms with Crippen LogP contribution in [0.5, 0.6) is 11.5 Å². The standard InChI is InChI=1S/C13H11N3O5/c1-8-3-2-4-12(16(19)20)13(8)21-9-5-6-11(15(17)18)10(14)7-9/h2-7H,14H2,1H3. The van der Waals surface area contributed by atoms with E-state index in [2.05, 4.69) is 0 Å². The molecule has 0 aliphatic carbocycles. The Morgan fingerprint density at radius 1 is 1.05 bits per heavy atom. The lowest BCUT2D eigenvalue weighted by Gasteiger charge is -2.09. The first-order valence-electron chi connectivity index (χ1n) is 5.86. The zero-order chi connectivity index (χ0) is 15.6. The molecule has 8 heteroatoms. The maximum atomic E-state index is 11.0. The second kappa shape index (κ2) is 5.45. The van der Waals surface area contributed by atoms with E-state index in [1.807, 2.05) is 0 Å². The van der Waals surface area contributed by atoms with Crippen LogP contribution in [-0.4, -0.2) is 9.85 Å². The molecule has 108 valence electrons. The van der Waals surface area contributed by atoms with Crippen molar-refractivity contribution in [3.63, 3.8) is 0 Å². The van der Waals surface area contributed by atoms with E-state index in [9.17, 15) is 20.2 Å². The van der Waals surface area contributed by atoms with Crippen LogP contribution in [0.4, 0.5) is 17.1 Å². The van der Waals surface area contributed by atoms with Crippen molar-refractivity contribution >= 4 is 17.1 Å². The fraction of sp³-hybridized carbons (Fsp3) is 0.0769. The van der Waals surface area contributed by atoms with Crippen LogP contribution in [-0.2, 0) is 0 Å². The van der Waals surface area contributed by atoms with Crippen LogP contribution in [0.1, 0.15) is 5.56 Å². The molecule has 21 heavy (non-hydrogen) atoms. The van der Waals surface area contributed by atoms with Crippen LogP contribution < -0.4 is 10.5 Å². The summed E-state index contributed by atoms with van der Waals surface area (Å²) in [6, 6.07) is 8.31. The highest BCUT2D eigenvalue weighted by Gasteiger charge is 2.19. The summed E-state index contributed by atoms with van der Waals surface area (Å²) in [7, 11) is 0. The molecule has 0 amide bonds. The van der Waals surface area contributed by atoms with E-state index in [1.165, 1.54) is 24.3 Å². The minimum Gasteiger partial charge on any atom is -0.450 e. The number of nitrogens with zero attached hydrogens (tertiary/aromatic N) is 2. The van der Waals surface area contributed by atoms with E-state index in [4.69, 9.17) is 10.5 Å². The number of aryl methyl sites for hydroxylation is 1. The fourth-order valence-electron chi connectivity index (χ4n) is 1.79. The van der Waals surface area contributed by atoms with Gasteiger partial charge in [0.2, 0.25) is 5.75 Å². The molecule has 0 spiro atoms. The molecule has 0 aliphatic rings. The highest BCUT2D eigenvalue weighted by Crippen LogP contribution is 2.36. The van der Waals surface area contributed by atoms with Gasteiger partial charge in [0.25, 0.3) is 5.69 Å². The monoisotopic (exact) mass is 289 g/mol. The van der Waals surface area contributed by atoms with E-state index >= 15 is 0 Å². The largest absolute Gasteiger partial charge is 0.450 e. The van der Waals surface area contributed by atoms with Gasteiger partial charge >= 0.3 is 5.69 Å².